The molecule has 116 valence electrons. The Bertz CT molecular complexity index is 700. The minimum absolute atomic E-state index is 0.141. The van der Waals surface area contributed by atoms with Crippen molar-refractivity contribution in [1.82, 2.24) is 4.98 Å². The van der Waals surface area contributed by atoms with Crippen molar-refractivity contribution < 1.29 is 33.7 Å². The smallest absolute Gasteiger partial charge is 0.345 e. The second-order valence-electron chi connectivity index (χ2n) is 5.22. The molecular weight excluding hydrogens is 296 g/mol. The van der Waals surface area contributed by atoms with Crippen molar-refractivity contribution in [3.05, 3.63) is 6.20 Å². The molecule has 3 rings (SSSR count). The summed E-state index contributed by atoms with van der Waals surface area (Å²) in [6.45, 7) is 0. The summed E-state index contributed by atoms with van der Waals surface area (Å²) in [6, 6.07) is 0. The van der Waals surface area contributed by atoms with Gasteiger partial charge in [-0.1, -0.05) is 0 Å². The molecule has 2 aliphatic heterocycles. The maximum absolute atomic E-state index is 12.1. The SMILES string of the molecule is CN(C)c1ncc2c3c1OC(=O)CC(O)(CC(=O)O2)C(=O)O3. The van der Waals surface area contributed by atoms with Crippen molar-refractivity contribution in [3.8, 4) is 17.2 Å². The highest BCUT2D eigenvalue weighted by Crippen LogP contribution is 2.46. The highest BCUT2D eigenvalue weighted by Gasteiger charge is 2.48. The summed E-state index contributed by atoms with van der Waals surface area (Å²) in [7, 11) is 3.29. The predicted octanol–water partition coefficient (Wildman–Crippen LogP) is -0.598. The monoisotopic (exact) mass is 308 g/mol. The fraction of sp³-hybridized carbons (Fsp3) is 0.385. The summed E-state index contributed by atoms with van der Waals surface area (Å²) in [5.41, 5.74) is -2.31. The van der Waals surface area contributed by atoms with Crippen molar-refractivity contribution in [3.63, 3.8) is 0 Å². The van der Waals surface area contributed by atoms with Crippen molar-refractivity contribution in [2.75, 3.05) is 19.0 Å². The quantitative estimate of drug-likeness (QED) is 0.679. The Labute approximate surface area is 124 Å². The van der Waals surface area contributed by atoms with Crippen molar-refractivity contribution in [2.24, 2.45) is 0 Å². The van der Waals surface area contributed by atoms with Gasteiger partial charge in [0.25, 0.3) is 0 Å². The number of hydrogen-bond donors (Lipinski definition) is 1. The molecule has 22 heavy (non-hydrogen) atoms. The van der Waals surface area contributed by atoms with Gasteiger partial charge in [0.2, 0.25) is 11.5 Å². The molecule has 0 saturated heterocycles. The van der Waals surface area contributed by atoms with Crippen LogP contribution in [0.15, 0.2) is 6.20 Å². The number of carbonyl (C=O) groups is 3. The molecule has 0 saturated carbocycles. The van der Waals surface area contributed by atoms with Crippen molar-refractivity contribution >= 4 is 23.7 Å². The number of hydrogen-bond acceptors (Lipinski definition) is 9. The fourth-order valence-electron chi connectivity index (χ4n) is 2.21. The van der Waals surface area contributed by atoms with Gasteiger partial charge in [-0.05, 0) is 0 Å². The van der Waals surface area contributed by atoms with Crippen molar-refractivity contribution in [1.29, 1.82) is 0 Å². The minimum atomic E-state index is -2.31. The van der Waals surface area contributed by atoms with Crippen LogP contribution in [0.4, 0.5) is 5.82 Å². The molecule has 0 amide bonds. The van der Waals surface area contributed by atoms with Crippen LogP contribution in [0.1, 0.15) is 12.8 Å². The summed E-state index contributed by atoms with van der Waals surface area (Å²) < 4.78 is 15.3. The molecule has 2 aliphatic rings. The van der Waals surface area contributed by atoms with E-state index in [1.165, 1.54) is 11.1 Å². The lowest BCUT2D eigenvalue weighted by Crippen LogP contribution is -2.49. The summed E-state index contributed by atoms with van der Waals surface area (Å²) in [4.78, 5) is 41.4. The number of pyridine rings is 1. The molecule has 0 spiro atoms. The number of aromatic nitrogens is 1. The molecule has 9 heteroatoms. The van der Waals surface area contributed by atoms with Crippen LogP contribution in [0, 0.1) is 0 Å². The summed E-state index contributed by atoms with van der Waals surface area (Å²) in [5, 5.41) is 10.2. The van der Waals surface area contributed by atoms with E-state index < -0.39 is 36.4 Å². The second kappa shape index (κ2) is 4.67. The van der Waals surface area contributed by atoms with E-state index in [0.29, 0.717) is 0 Å². The molecule has 0 radical (unpaired) electrons. The number of aliphatic hydroxyl groups is 1. The molecule has 3 heterocycles. The molecule has 2 bridgehead atoms. The Kier molecular flexibility index (Phi) is 3.03. The van der Waals surface area contributed by atoms with Gasteiger partial charge in [-0.25, -0.2) is 9.78 Å². The van der Waals surface area contributed by atoms with Gasteiger partial charge in [-0.15, -0.1) is 0 Å². The number of esters is 3. The van der Waals surface area contributed by atoms with E-state index >= 15 is 0 Å². The van der Waals surface area contributed by atoms with E-state index in [1.54, 1.807) is 14.1 Å². The first-order valence-corrected chi connectivity index (χ1v) is 6.36. The zero-order valence-electron chi connectivity index (χ0n) is 11.8. The van der Waals surface area contributed by atoms with Crippen LogP contribution in [-0.2, 0) is 14.4 Å². The average molecular weight is 308 g/mol. The highest BCUT2D eigenvalue weighted by atomic mass is 16.6. The van der Waals surface area contributed by atoms with E-state index in [1.807, 2.05) is 0 Å². The van der Waals surface area contributed by atoms with E-state index in [2.05, 4.69) is 4.98 Å². The van der Waals surface area contributed by atoms with Crippen LogP contribution in [-0.4, -0.2) is 47.7 Å². The number of fused-ring (bicyclic) bond motifs is 2. The van der Waals surface area contributed by atoms with Gasteiger partial charge in [0, 0.05) is 14.1 Å². The normalized spacial score (nSPS) is 23.5. The van der Waals surface area contributed by atoms with E-state index in [-0.39, 0.29) is 23.1 Å². The molecular formula is C13H12N2O7. The fourth-order valence-corrected chi connectivity index (χ4v) is 2.21. The van der Waals surface area contributed by atoms with E-state index in [9.17, 15) is 19.5 Å². The molecule has 1 aromatic rings. The van der Waals surface area contributed by atoms with Gasteiger partial charge in [0.1, 0.15) is 0 Å². The first-order valence-electron chi connectivity index (χ1n) is 6.36. The van der Waals surface area contributed by atoms with Crippen LogP contribution in [0.25, 0.3) is 0 Å². The predicted molar refractivity (Wildman–Crippen MR) is 69.7 cm³/mol. The number of anilines is 1. The van der Waals surface area contributed by atoms with Crippen molar-refractivity contribution in [2.45, 2.75) is 18.4 Å². The molecule has 9 nitrogen and oxygen atoms in total. The molecule has 1 unspecified atom stereocenters. The van der Waals surface area contributed by atoms with Crippen LogP contribution >= 0.6 is 0 Å². The van der Waals surface area contributed by atoms with Gasteiger partial charge in [0.05, 0.1) is 19.0 Å². The lowest BCUT2D eigenvalue weighted by atomic mass is 9.95. The van der Waals surface area contributed by atoms with Gasteiger partial charge in [-0.2, -0.15) is 0 Å². The number of ether oxygens (including phenoxy) is 3. The van der Waals surface area contributed by atoms with Gasteiger partial charge in [-0.3, -0.25) is 9.59 Å². The van der Waals surface area contributed by atoms with Crippen LogP contribution in [0.5, 0.6) is 17.2 Å². The molecule has 0 fully saturated rings. The standard InChI is InChI=1S/C13H12N2O7/c1-15(2)11-10-9-6(5-14-11)20-7(16)3-13(19,12(18)22-9)4-8(17)21-10/h5,19H,3-4H2,1-2H3. The Morgan fingerprint density at radius 2 is 1.73 bits per heavy atom. The number of rotatable bonds is 1. The lowest BCUT2D eigenvalue weighted by molar-refractivity contribution is -0.170. The first kappa shape index (κ1) is 14.3. The highest BCUT2D eigenvalue weighted by molar-refractivity contribution is 5.96. The molecule has 1 atom stereocenters. The summed E-state index contributed by atoms with van der Waals surface area (Å²) in [5.74, 6) is -3.21. The molecule has 1 N–H and O–H groups in total. The maximum atomic E-state index is 12.1. The second-order valence-corrected chi connectivity index (χ2v) is 5.22. The third-order valence-corrected chi connectivity index (χ3v) is 3.25. The maximum Gasteiger partial charge on any atom is 0.345 e. The lowest BCUT2D eigenvalue weighted by Gasteiger charge is -2.30. The zero-order chi connectivity index (χ0) is 16.1. The summed E-state index contributed by atoms with van der Waals surface area (Å²) in [6.07, 6.45) is -0.262. The topological polar surface area (TPSA) is 115 Å². The van der Waals surface area contributed by atoms with Gasteiger partial charge >= 0.3 is 17.9 Å². The van der Waals surface area contributed by atoms with E-state index in [0.717, 1.165) is 0 Å². The molecule has 0 aliphatic carbocycles. The van der Waals surface area contributed by atoms with Crippen LogP contribution < -0.4 is 19.1 Å². The molecule has 0 aromatic carbocycles. The largest absolute Gasteiger partial charge is 0.421 e. The number of nitrogens with zero attached hydrogens (tertiary/aromatic N) is 2. The third-order valence-electron chi connectivity index (χ3n) is 3.25. The zero-order valence-corrected chi connectivity index (χ0v) is 11.8. The Hall–Kier alpha value is -2.68. The number of carbonyl (C=O) groups excluding carboxylic acids is 3. The third kappa shape index (κ3) is 2.15. The van der Waals surface area contributed by atoms with Crippen LogP contribution in [0.3, 0.4) is 0 Å². The van der Waals surface area contributed by atoms with Crippen LogP contribution in [0.2, 0.25) is 0 Å². The first-order chi connectivity index (χ1) is 10.3. The Morgan fingerprint density at radius 3 is 2.36 bits per heavy atom. The van der Waals surface area contributed by atoms with Gasteiger partial charge < -0.3 is 24.2 Å². The molecule has 1 aromatic heterocycles. The average Bonchev–Trinajstić information content (AvgIpc) is 2.38. The van der Waals surface area contributed by atoms with Gasteiger partial charge in [0.15, 0.2) is 17.2 Å². The van der Waals surface area contributed by atoms with E-state index in [4.69, 9.17) is 14.2 Å². The summed E-state index contributed by atoms with van der Waals surface area (Å²) >= 11 is 0. The Balaban J connectivity index is 2.27. The Morgan fingerprint density at radius 1 is 1.09 bits per heavy atom. The minimum Gasteiger partial charge on any atom is -0.421 e.